The van der Waals surface area contributed by atoms with Crippen LogP contribution in [0.4, 0.5) is 0 Å². The monoisotopic (exact) mass is 446 g/mol. The average Bonchev–Trinajstić information content (AvgIpc) is 3.60. The summed E-state index contributed by atoms with van der Waals surface area (Å²) in [5.41, 5.74) is 0. The quantitative estimate of drug-likeness (QED) is 0.0884. The Hall–Kier alpha value is 0.210. The van der Waals surface area contributed by atoms with Crippen LogP contribution in [0.5, 0.6) is 0 Å². The molecule has 1 fully saturated rings. The van der Waals surface area contributed by atoms with Gasteiger partial charge in [-0.2, -0.15) is 0 Å². The Morgan fingerprint density at radius 2 is 0.867 bits per heavy atom. The van der Waals surface area contributed by atoms with Gasteiger partial charge in [-0.05, 0) is 12.8 Å². The van der Waals surface area contributed by atoms with Crippen LogP contribution >= 0.6 is 11.6 Å². The first-order valence-electron chi connectivity index (χ1n) is 13.6. The summed E-state index contributed by atoms with van der Waals surface area (Å²) in [7, 11) is 0. The summed E-state index contributed by atoms with van der Waals surface area (Å²) in [5.74, 6) is 0.667. The lowest BCUT2D eigenvalue weighted by molar-refractivity contribution is 0.125. The molecule has 0 aliphatic carbocycles. The Bertz CT molecular complexity index is 273. The van der Waals surface area contributed by atoms with Crippen LogP contribution in [0.25, 0.3) is 0 Å². The molecule has 1 saturated heterocycles. The fraction of sp³-hybridized carbons (Fsp3) is 1.00. The number of hydrogen-bond acceptors (Lipinski definition) is 2. The summed E-state index contributed by atoms with van der Waals surface area (Å²) >= 11 is 5.27. The minimum Gasteiger partial charge on any atom is -0.381 e. The zero-order valence-electron chi connectivity index (χ0n) is 20.7. The molecular weight excluding hydrogens is 392 g/mol. The van der Waals surface area contributed by atoms with Crippen LogP contribution in [0.15, 0.2) is 0 Å². The Balaban J connectivity index is 0.00000145. The lowest BCUT2D eigenvalue weighted by atomic mass is 10.1. The molecule has 1 aliphatic rings. The minimum atomic E-state index is 0.400. The van der Waals surface area contributed by atoms with Crippen molar-refractivity contribution in [3.05, 3.63) is 0 Å². The topological polar surface area (TPSA) is 21.8 Å². The lowest BCUT2D eigenvalue weighted by Gasteiger charge is -2.05. The molecule has 1 heterocycles. The van der Waals surface area contributed by atoms with Gasteiger partial charge in [0.15, 0.2) is 0 Å². The zero-order chi connectivity index (χ0) is 22.0. The first kappa shape index (κ1) is 30.2. The molecule has 0 radical (unpaired) electrons. The van der Waals surface area contributed by atoms with Gasteiger partial charge in [-0.1, -0.05) is 129 Å². The van der Waals surface area contributed by atoms with Gasteiger partial charge in [0.1, 0.15) is 0 Å². The maximum absolute atomic E-state index is 5.78. The van der Waals surface area contributed by atoms with Crippen molar-refractivity contribution in [2.45, 2.75) is 148 Å². The van der Waals surface area contributed by atoms with Gasteiger partial charge in [-0.25, -0.2) is 0 Å². The van der Waals surface area contributed by atoms with Gasteiger partial charge in [0.05, 0.1) is 18.6 Å². The van der Waals surface area contributed by atoms with Crippen molar-refractivity contribution in [3.63, 3.8) is 0 Å². The molecule has 1 atom stereocenters. The first-order chi connectivity index (χ1) is 14.8. The molecule has 0 bridgehead atoms. The third-order valence-corrected chi connectivity index (χ3v) is 6.20. The Kier molecular flexibility index (Phi) is 27.4. The van der Waals surface area contributed by atoms with Crippen LogP contribution in [-0.4, -0.2) is 31.8 Å². The highest BCUT2D eigenvalue weighted by Crippen LogP contribution is 2.12. The smallest absolute Gasteiger partial charge is 0.0944 e. The van der Waals surface area contributed by atoms with E-state index in [2.05, 4.69) is 13.8 Å². The van der Waals surface area contributed by atoms with E-state index < -0.39 is 0 Å². The molecule has 0 aromatic heterocycles. The van der Waals surface area contributed by atoms with Crippen molar-refractivity contribution >= 4 is 11.6 Å². The third kappa shape index (κ3) is 28.2. The fourth-order valence-corrected chi connectivity index (χ4v) is 3.82. The van der Waals surface area contributed by atoms with Crippen LogP contribution in [0.2, 0.25) is 0 Å². The number of unbranched alkanes of at least 4 members (excludes halogenated alkanes) is 18. The van der Waals surface area contributed by atoms with E-state index in [0.717, 1.165) is 19.8 Å². The molecule has 0 amide bonds. The molecule has 1 unspecified atom stereocenters. The standard InChI is InChI=1S/C24H50O.C3H5ClO/c1-3-5-7-9-11-13-15-17-19-21-23-25-24-22-20-18-16-14-12-10-8-6-4-2;4-1-3-2-5-3/h3-24H2,1-2H3;3H,1-2H2. The molecule has 0 N–H and O–H groups in total. The van der Waals surface area contributed by atoms with Gasteiger partial charge in [0.25, 0.3) is 0 Å². The summed E-state index contributed by atoms with van der Waals surface area (Å²) in [6.07, 6.45) is 28.6. The van der Waals surface area contributed by atoms with Gasteiger partial charge in [0.2, 0.25) is 0 Å². The molecule has 1 rings (SSSR count). The molecule has 1 aliphatic heterocycles. The van der Waals surface area contributed by atoms with Gasteiger partial charge < -0.3 is 9.47 Å². The molecule has 0 spiro atoms. The first-order valence-corrected chi connectivity index (χ1v) is 14.1. The molecular formula is C27H55ClO2. The predicted octanol–water partition coefficient (Wildman–Crippen LogP) is 9.47. The average molecular weight is 447 g/mol. The van der Waals surface area contributed by atoms with Gasteiger partial charge >= 0.3 is 0 Å². The highest BCUT2D eigenvalue weighted by molar-refractivity contribution is 6.18. The van der Waals surface area contributed by atoms with E-state index in [1.165, 1.54) is 128 Å². The van der Waals surface area contributed by atoms with E-state index >= 15 is 0 Å². The second kappa shape index (κ2) is 27.2. The van der Waals surface area contributed by atoms with Crippen LogP contribution in [0.3, 0.4) is 0 Å². The number of hydrogen-bond donors (Lipinski definition) is 0. The van der Waals surface area contributed by atoms with Crippen molar-refractivity contribution in [3.8, 4) is 0 Å². The van der Waals surface area contributed by atoms with Crippen LogP contribution in [0.1, 0.15) is 142 Å². The summed E-state index contributed by atoms with van der Waals surface area (Å²) in [6.45, 7) is 7.45. The minimum absolute atomic E-state index is 0.400. The van der Waals surface area contributed by atoms with Crippen molar-refractivity contribution < 1.29 is 9.47 Å². The van der Waals surface area contributed by atoms with Crippen molar-refractivity contribution in [1.82, 2.24) is 0 Å². The SMILES string of the molecule is CCCCCCCCCCCCOCCCCCCCCCCCC.ClCC1CO1. The molecule has 3 heteroatoms. The Morgan fingerprint density at radius 1 is 0.567 bits per heavy atom. The Morgan fingerprint density at radius 3 is 1.10 bits per heavy atom. The van der Waals surface area contributed by atoms with Crippen molar-refractivity contribution in [2.24, 2.45) is 0 Å². The van der Waals surface area contributed by atoms with E-state index in [0.29, 0.717) is 12.0 Å². The molecule has 30 heavy (non-hydrogen) atoms. The van der Waals surface area contributed by atoms with Crippen LogP contribution in [-0.2, 0) is 9.47 Å². The summed E-state index contributed by atoms with van der Waals surface area (Å²) < 4.78 is 10.5. The number of rotatable bonds is 23. The maximum atomic E-state index is 5.78. The van der Waals surface area contributed by atoms with Crippen molar-refractivity contribution in [2.75, 3.05) is 25.7 Å². The van der Waals surface area contributed by atoms with E-state index in [-0.39, 0.29) is 0 Å². The number of ether oxygens (including phenoxy) is 2. The zero-order valence-corrected chi connectivity index (χ0v) is 21.5. The van der Waals surface area contributed by atoms with Gasteiger partial charge in [-0.15, -0.1) is 11.6 Å². The van der Waals surface area contributed by atoms with E-state index in [1.807, 2.05) is 0 Å². The predicted molar refractivity (Wildman–Crippen MR) is 135 cm³/mol. The molecule has 0 saturated carbocycles. The second-order valence-electron chi connectivity index (χ2n) is 9.09. The van der Waals surface area contributed by atoms with E-state index in [9.17, 15) is 0 Å². The number of halogens is 1. The lowest BCUT2D eigenvalue weighted by Crippen LogP contribution is -1.97. The number of epoxide rings is 1. The van der Waals surface area contributed by atoms with E-state index in [1.54, 1.807) is 0 Å². The summed E-state index contributed by atoms with van der Waals surface area (Å²) in [6, 6.07) is 0. The summed E-state index contributed by atoms with van der Waals surface area (Å²) in [4.78, 5) is 0. The summed E-state index contributed by atoms with van der Waals surface area (Å²) in [5, 5.41) is 0. The second-order valence-corrected chi connectivity index (χ2v) is 9.39. The van der Waals surface area contributed by atoms with E-state index in [4.69, 9.17) is 21.1 Å². The van der Waals surface area contributed by atoms with Gasteiger partial charge in [0, 0.05) is 13.2 Å². The highest BCUT2D eigenvalue weighted by Gasteiger charge is 2.19. The Labute approximate surface area is 195 Å². The van der Waals surface area contributed by atoms with Crippen molar-refractivity contribution in [1.29, 1.82) is 0 Å². The maximum Gasteiger partial charge on any atom is 0.0944 e. The normalized spacial score (nSPS) is 15.1. The van der Waals surface area contributed by atoms with Crippen LogP contribution in [0, 0.1) is 0 Å². The molecule has 0 aromatic carbocycles. The molecule has 182 valence electrons. The number of alkyl halides is 1. The molecule has 0 aromatic rings. The van der Waals surface area contributed by atoms with Crippen LogP contribution < -0.4 is 0 Å². The highest BCUT2D eigenvalue weighted by atomic mass is 35.5. The molecule has 2 nitrogen and oxygen atoms in total. The largest absolute Gasteiger partial charge is 0.381 e. The van der Waals surface area contributed by atoms with Gasteiger partial charge in [-0.3, -0.25) is 0 Å². The fourth-order valence-electron chi connectivity index (χ4n) is 3.64. The third-order valence-electron chi connectivity index (χ3n) is 5.86.